The second-order valence-corrected chi connectivity index (χ2v) is 9.62. The van der Waals surface area contributed by atoms with E-state index in [0.717, 1.165) is 68.9 Å². The lowest BCUT2D eigenvalue weighted by Gasteiger charge is -2.20. The molecular weight excluding hydrogens is 492 g/mol. The molecule has 8 nitrogen and oxygen atoms in total. The maximum absolute atomic E-state index is 6.21. The van der Waals surface area contributed by atoms with Gasteiger partial charge in [0, 0.05) is 48.5 Å². The molecule has 2 aromatic heterocycles. The molecule has 39 heavy (non-hydrogen) atoms. The highest BCUT2D eigenvalue weighted by Crippen LogP contribution is 2.41. The molecule has 8 heteroatoms. The van der Waals surface area contributed by atoms with Gasteiger partial charge in [-0.15, -0.1) is 0 Å². The average Bonchev–Trinajstić information content (AvgIpc) is 3.17. The molecule has 3 aromatic carbocycles. The Labute approximate surface area is 227 Å². The zero-order valence-electron chi connectivity index (χ0n) is 22.5. The van der Waals surface area contributed by atoms with Crippen LogP contribution in [0, 0.1) is 6.92 Å². The lowest BCUT2D eigenvalue weighted by atomic mass is 10.0. The van der Waals surface area contributed by atoms with Gasteiger partial charge >= 0.3 is 0 Å². The van der Waals surface area contributed by atoms with Crippen molar-refractivity contribution in [1.82, 2.24) is 19.9 Å². The third-order valence-corrected chi connectivity index (χ3v) is 7.16. The van der Waals surface area contributed by atoms with Crippen molar-refractivity contribution in [2.24, 2.45) is 0 Å². The monoisotopic (exact) mass is 522 g/mol. The summed E-state index contributed by atoms with van der Waals surface area (Å²) >= 11 is 0. The third-order valence-electron chi connectivity index (χ3n) is 7.16. The lowest BCUT2D eigenvalue weighted by molar-refractivity contribution is 0.217. The molecule has 0 aliphatic carbocycles. The Morgan fingerprint density at radius 1 is 0.846 bits per heavy atom. The largest absolute Gasteiger partial charge is 0.496 e. The van der Waals surface area contributed by atoms with Gasteiger partial charge in [0.2, 0.25) is 0 Å². The Bertz CT molecular complexity index is 1690. The van der Waals surface area contributed by atoms with Crippen molar-refractivity contribution in [3.05, 3.63) is 77.6 Å². The van der Waals surface area contributed by atoms with E-state index in [0.29, 0.717) is 24.7 Å². The number of benzene rings is 3. The zero-order valence-corrected chi connectivity index (χ0v) is 22.5. The minimum Gasteiger partial charge on any atom is -0.496 e. The van der Waals surface area contributed by atoms with E-state index >= 15 is 0 Å². The van der Waals surface area contributed by atoms with E-state index in [-0.39, 0.29) is 0 Å². The zero-order chi connectivity index (χ0) is 26.9. The van der Waals surface area contributed by atoms with Crippen molar-refractivity contribution in [1.29, 1.82) is 0 Å². The number of ether oxygens (including phenoxy) is 4. The van der Waals surface area contributed by atoms with Crippen LogP contribution in [0.4, 0.5) is 0 Å². The van der Waals surface area contributed by atoms with Gasteiger partial charge in [0.25, 0.3) is 0 Å². The van der Waals surface area contributed by atoms with Crippen molar-refractivity contribution in [2.75, 3.05) is 34.5 Å². The van der Waals surface area contributed by atoms with E-state index in [1.54, 1.807) is 33.7 Å². The van der Waals surface area contributed by atoms with E-state index < -0.39 is 0 Å². The van der Waals surface area contributed by atoms with Crippen LogP contribution in [-0.4, -0.2) is 54.3 Å². The highest BCUT2D eigenvalue weighted by molar-refractivity contribution is 5.94. The molecule has 5 aromatic rings. The molecule has 1 aliphatic heterocycles. The van der Waals surface area contributed by atoms with Crippen molar-refractivity contribution < 1.29 is 18.9 Å². The smallest absolute Gasteiger partial charge is 0.165 e. The molecule has 6 rings (SSSR count). The molecule has 0 fully saturated rings. The van der Waals surface area contributed by atoms with E-state index in [1.807, 2.05) is 24.3 Å². The second-order valence-electron chi connectivity index (χ2n) is 9.62. The molecule has 0 spiro atoms. The number of rotatable bonds is 6. The predicted octanol–water partition coefficient (Wildman–Crippen LogP) is 5.57. The SMILES string of the molecule is COc1cc(-c2cc(C)c3c(OC)ccc(OC)c3n2)cc2c1OCCN(Cc1ccc3nccnc3c1)C2. The fourth-order valence-electron chi connectivity index (χ4n) is 5.30. The maximum atomic E-state index is 6.21. The summed E-state index contributed by atoms with van der Waals surface area (Å²) in [5.74, 6) is 2.95. The molecule has 198 valence electrons. The Balaban J connectivity index is 1.39. The van der Waals surface area contributed by atoms with Gasteiger partial charge < -0.3 is 18.9 Å². The summed E-state index contributed by atoms with van der Waals surface area (Å²) in [6.45, 7) is 4.90. The fraction of sp³-hybridized carbons (Fsp3) is 0.258. The van der Waals surface area contributed by atoms with Gasteiger partial charge in [-0.2, -0.15) is 0 Å². The highest BCUT2D eigenvalue weighted by atomic mass is 16.5. The van der Waals surface area contributed by atoms with Crippen molar-refractivity contribution >= 4 is 21.9 Å². The Kier molecular flexibility index (Phi) is 6.62. The Hall–Kier alpha value is -4.43. The van der Waals surface area contributed by atoms with E-state index in [4.69, 9.17) is 23.9 Å². The summed E-state index contributed by atoms with van der Waals surface area (Å²) in [5, 5.41) is 0.942. The number of aryl methyl sites for hydroxylation is 1. The number of fused-ring (bicyclic) bond motifs is 3. The normalized spacial score (nSPS) is 13.5. The predicted molar refractivity (Wildman–Crippen MR) is 151 cm³/mol. The van der Waals surface area contributed by atoms with Crippen LogP contribution < -0.4 is 18.9 Å². The van der Waals surface area contributed by atoms with Crippen LogP contribution in [0.15, 0.2) is 60.9 Å². The Morgan fingerprint density at radius 2 is 1.62 bits per heavy atom. The van der Waals surface area contributed by atoms with Crippen molar-refractivity contribution in [3.8, 4) is 34.3 Å². The number of hydrogen-bond donors (Lipinski definition) is 0. The lowest BCUT2D eigenvalue weighted by Crippen LogP contribution is -2.25. The van der Waals surface area contributed by atoms with Crippen molar-refractivity contribution in [2.45, 2.75) is 20.0 Å². The summed E-state index contributed by atoms with van der Waals surface area (Å²) < 4.78 is 23.3. The van der Waals surface area contributed by atoms with Crippen LogP contribution in [0.25, 0.3) is 33.2 Å². The molecule has 0 bridgehead atoms. The van der Waals surface area contributed by atoms with Gasteiger partial charge in [-0.05, 0) is 60.5 Å². The standard InChI is InChI=1S/C31H30N4O4/c1-19-13-24(34-30-27(37-3)8-7-26(36-2)29(19)30)21-15-22-18-35(11-12-39-31(22)28(16-21)38-4)17-20-5-6-23-25(14-20)33-10-9-32-23/h5-10,13-16H,11-12,17-18H2,1-4H3. The number of aromatic nitrogens is 3. The first-order valence-corrected chi connectivity index (χ1v) is 12.9. The molecular formula is C31H30N4O4. The van der Waals surface area contributed by atoms with E-state index in [9.17, 15) is 0 Å². The van der Waals surface area contributed by atoms with Crippen LogP contribution >= 0.6 is 0 Å². The molecule has 0 radical (unpaired) electrons. The molecule has 0 atom stereocenters. The summed E-state index contributed by atoms with van der Waals surface area (Å²) in [5.41, 5.74) is 7.63. The molecule has 0 saturated carbocycles. The Morgan fingerprint density at radius 3 is 2.41 bits per heavy atom. The average molecular weight is 523 g/mol. The van der Waals surface area contributed by atoms with Crippen LogP contribution in [0.5, 0.6) is 23.0 Å². The second kappa shape index (κ2) is 10.4. The number of hydrogen-bond acceptors (Lipinski definition) is 8. The topological polar surface area (TPSA) is 78.8 Å². The van der Waals surface area contributed by atoms with Gasteiger partial charge in [-0.1, -0.05) is 6.07 Å². The van der Waals surface area contributed by atoms with Crippen molar-refractivity contribution in [3.63, 3.8) is 0 Å². The van der Waals surface area contributed by atoms with Crippen LogP contribution in [0.1, 0.15) is 16.7 Å². The van der Waals surface area contributed by atoms with Crippen LogP contribution in [0.2, 0.25) is 0 Å². The maximum Gasteiger partial charge on any atom is 0.165 e. The molecule has 0 saturated heterocycles. The van der Waals surface area contributed by atoms with E-state index in [1.165, 1.54) is 5.56 Å². The fourth-order valence-corrected chi connectivity index (χ4v) is 5.30. The molecule has 0 amide bonds. The third kappa shape index (κ3) is 4.68. The number of methoxy groups -OCH3 is 3. The van der Waals surface area contributed by atoms with Crippen LogP contribution in [-0.2, 0) is 13.1 Å². The quantitative estimate of drug-likeness (QED) is 0.286. The first-order valence-electron chi connectivity index (χ1n) is 12.9. The summed E-state index contributed by atoms with van der Waals surface area (Å²) in [6.07, 6.45) is 3.44. The minimum atomic E-state index is 0.570. The highest BCUT2D eigenvalue weighted by Gasteiger charge is 2.22. The summed E-state index contributed by atoms with van der Waals surface area (Å²) in [7, 11) is 5.00. The van der Waals surface area contributed by atoms with Crippen LogP contribution in [0.3, 0.4) is 0 Å². The summed E-state index contributed by atoms with van der Waals surface area (Å²) in [6, 6.07) is 16.3. The van der Waals surface area contributed by atoms with Gasteiger partial charge in [0.15, 0.2) is 11.5 Å². The molecule has 3 heterocycles. The molecule has 1 aliphatic rings. The molecule has 0 N–H and O–H groups in total. The molecule has 0 unspecified atom stereocenters. The van der Waals surface area contributed by atoms with Gasteiger partial charge in [0.1, 0.15) is 23.6 Å². The minimum absolute atomic E-state index is 0.570. The number of nitrogens with zero attached hydrogens (tertiary/aromatic N) is 4. The van der Waals surface area contributed by atoms with Gasteiger partial charge in [0.05, 0.1) is 38.1 Å². The number of pyridine rings is 1. The first-order chi connectivity index (χ1) is 19.1. The van der Waals surface area contributed by atoms with E-state index in [2.05, 4.69) is 46.1 Å². The summed E-state index contributed by atoms with van der Waals surface area (Å²) in [4.78, 5) is 16.2. The van der Waals surface area contributed by atoms with Gasteiger partial charge in [-0.25, -0.2) is 4.98 Å². The first kappa shape index (κ1) is 24.9. The van der Waals surface area contributed by atoms with Gasteiger partial charge in [-0.3, -0.25) is 14.9 Å².